The van der Waals surface area contributed by atoms with E-state index in [0.29, 0.717) is 10.7 Å². The zero-order valence-electron chi connectivity index (χ0n) is 8.20. The summed E-state index contributed by atoms with van der Waals surface area (Å²) in [5.74, 6) is -0.390. The first-order valence-electron chi connectivity index (χ1n) is 4.26. The summed E-state index contributed by atoms with van der Waals surface area (Å²) in [6.07, 6.45) is 0. The van der Waals surface area contributed by atoms with Gasteiger partial charge in [0.15, 0.2) is 6.61 Å². The number of carbonyl (C=O) groups excluding carboxylic acids is 2. The highest BCUT2D eigenvalue weighted by atomic mass is 35.5. The number of primary amides is 1. The summed E-state index contributed by atoms with van der Waals surface area (Å²) < 4.78 is 5.05. The molecule has 0 atom stereocenters. The predicted molar refractivity (Wildman–Crippen MR) is 59.1 cm³/mol. The second kappa shape index (κ2) is 5.22. The third-order valence-corrected chi connectivity index (χ3v) is 1.83. The number of hydrogen-bond donors (Lipinski definition) is 3. The van der Waals surface area contributed by atoms with E-state index in [0.717, 1.165) is 0 Å². The molecule has 0 aromatic heterocycles. The van der Waals surface area contributed by atoms with Crippen molar-refractivity contribution in [3.63, 3.8) is 0 Å². The van der Waals surface area contributed by atoms with Crippen LogP contribution in [0, 0.1) is 0 Å². The van der Waals surface area contributed by atoms with Gasteiger partial charge in [0.1, 0.15) is 5.75 Å². The Morgan fingerprint density at radius 3 is 2.75 bits per heavy atom. The van der Waals surface area contributed by atoms with E-state index >= 15 is 0 Å². The standard InChI is InChI=1S/C9H10ClN3O3/c10-5-1-2-6(11)7(3-5)16-4-8(14)13-9(12)15/h1-3H,4,11H2,(H3,12,13,14,15). The van der Waals surface area contributed by atoms with Gasteiger partial charge >= 0.3 is 6.03 Å². The van der Waals surface area contributed by atoms with Gasteiger partial charge in [-0.05, 0) is 12.1 Å². The fourth-order valence-electron chi connectivity index (χ4n) is 0.950. The number of halogens is 1. The molecule has 0 unspecified atom stereocenters. The molecule has 1 aromatic carbocycles. The molecule has 0 aliphatic rings. The zero-order chi connectivity index (χ0) is 12.1. The Morgan fingerprint density at radius 2 is 2.12 bits per heavy atom. The van der Waals surface area contributed by atoms with Gasteiger partial charge in [-0.1, -0.05) is 11.6 Å². The van der Waals surface area contributed by atoms with Gasteiger partial charge in [-0.2, -0.15) is 0 Å². The molecule has 1 aromatic rings. The van der Waals surface area contributed by atoms with Gasteiger partial charge < -0.3 is 16.2 Å². The van der Waals surface area contributed by atoms with Crippen molar-refractivity contribution in [1.82, 2.24) is 5.32 Å². The van der Waals surface area contributed by atoms with E-state index in [1.54, 1.807) is 12.1 Å². The molecule has 86 valence electrons. The summed E-state index contributed by atoms with van der Waals surface area (Å²) in [6, 6.07) is 3.67. The lowest BCUT2D eigenvalue weighted by molar-refractivity contribution is -0.121. The van der Waals surface area contributed by atoms with Crippen LogP contribution in [-0.4, -0.2) is 18.5 Å². The summed E-state index contributed by atoms with van der Waals surface area (Å²) in [5.41, 5.74) is 10.7. The second-order valence-corrected chi connectivity index (χ2v) is 3.32. The van der Waals surface area contributed by atoms with Gasteiger partial charge in [0.25, 0.3) is 5.91 Å². The fraction of sp³-hybridized carbons (Fsp3) is 0.111. The number of anilines is 1. The summed E-state index contributed by atoms with van der Waals surface area (Å²) in [4.78, 5) is 21.3. The number of urea groups is 1. The first-order chi connectivity index (χ1) is 7.49. The highest BCUT2D eigenvalue weighted by Crippen LogP contribution is 2.24. The average molecular weight is 244 g/mol. The molecule has 0 saturated carbocycles. The zero-order valence-corrected chi connectivity index (χ0v) is 8.95. The number of nitrogen functional groups attached to an aromatic ring is 1. The van der Waals surface area contributed by atoms with E-state index in [2.05, 4.69) is 0 Å². The minimum atomic E-state index is -0.937. The molecule has 6 nitrogen and oxygen atoms in total. The summed E-state index contributed by atoms with van der Waals surface area (Å²) >= 11 is 5.71. The van der Waals surface area contributed by atoms with Gasteiger partial charge in [0, 0.05) is 11.1 Å². The highest BCUT2D eigenvalue weighted by Gasteiger charge is 2.07. The van der Waals surface area contributed by atoms with Crippen LogP contribution >= 0.6 is 11.6 Å². The van der Waals surface area contributed by atoms with E-state index in [1.807, 2.05) is 5.32 Å². The minimum Gasteiger partial charge on any atom is -0.482 e. The second-order valence-electron chi connectivity index (χ2n) is 2.88. The number of amides is 3. The van der Waals surface area contributed by atoms with Gasteiger partial charge in [-0.3, -0.25) is 10.1 Å². The summed E-state index contributed by atoms with van der Waals surface area (Å²) in [6.45, 7) is -0.368. The van der Waals surface area contributed by atoms with Gasteiger partial charge in [0.2, 0.25) is 0 Å². The van der Waals surface area contributed by atoms with Crippen molar-refractivity contribution in [3.8, 4) is 5.75 Å². The fourth-order valence-corrected chi connectivity index (χ4v) is 1.11. The molecule has 0 bridgehead atoms. The SMILES string of the molecule is NC(=O)NC(=O)COc1cc(Cl)ccc1N. The molecule has 0 heterocycles. The normalized spacial score (nSPS) is 9.56. The van der Waals surface area contributed by atoms with E-state index in [9.17, 15) is 9.59 Å². The van der Waals surface area contributed by atoms with Crippen molar-refractivity contribution in [2.24, 2.45) is 5.73 Å². The largest absolute Gasteiger partial charge is 0.482 e. The number of rotatable bonds is 3. The van der Waals surface area contributed by atoms with Crippen LogP contribution in [-0.2, 0) is 4.79 Å². The Balaban J connectivity index is 2.57. The molecule has 5 N–H and O–H groups in total. The van der Waals surface area contributed by atoms with Crippen molar-refractivity contribution < 1.29 is 14.3 Å². The summed E-state index contributed by atoms with van der Waals surface area (Å²) in [7, 11) is 0. The van der Waals surface area contributed by atoms with Crippen LogP contribution in [0.3, 0.4) is 0 Å². The molecule has 0 aliphatic heterocycles. The van der Waals surface area contributed by atoms with Gasteiger partial charge in [-0.25, -0.2) is 4.79 Å². The van der Waals surface area contributed by atoms with Crippen molar-refractivity contribution in [2.75, 3.05) is 12.3 Å². The molecule has 7 heteroatoms. The number of nitrogens with two attached hydrogens (primary N) is 2. The third kappa shape index (κ3) is 3.66. The minimum absolute atomic E-state index is 0.270. The molecule has 0 spiro atoms. The number of carbonyl (C=O) groups is 2. The molecule has 3 amide bonds. The number of imide groups is 1. The van der Waals surface area contributed by atoms with E-state index < -0.39 is 11.9 Å². The van der Waals surface area contributed by atoms with Crippen LogP contribution in [0.5, 0.6) is 5.75 Å². The number of nitrogens with one attached hydrogen (secondary N) is 1. The first kappa shape index (κ1) is 12.1. The lowest BCUT2D eigenvalue weighted by Crippen LogP contribution is -2.38. The third-order valence-electron chi connectivity index (χ3n) is 1.60. The molecular weight excluding hydrogens is 234 g/mol. The Morgan fingerprint density at radius 1 is 1.44 bits per heavy atom. The lowest BCUT2D eigenvalue weighted by Gasteiger charge is -2.08. The molecule has 0 fully saturated rings. The van der Waals surface area contributed by atoms with Crippen LogP contribution in [0.2, 0.25) is 5.02 Å². The maximum absolute atomic E-state index is 11.0. The summed E-state index contributed by atoms with van der Waals surface area (Å²) in [5, 5.41) is 2.28. The van der Waals surface area contributed by atoms with Crippen LogP contribution in [0.4, 0.5) is 10.5 Å². The smallest absolute Gasteiger partial charge is 0.318 e. The van der Waals surface area contributed by atoms with Crippen molar-refractivity contribution in [1.29, 1.82) is 0 Å². The topological polar surface area (TPSA) is 107 Å². The van der Waals surface area contributed by atoms with E-state index in [4.69, 9.17) is 27.8 Å². The lowest BCUT2D eigenvalue weighted by atomic mass is 10.3. The predicted octanol–water partition coefficient (Wildman–Crippen LogP) is 0.496. The molecule has 16 heavy (non-hydrogen) atoms. The Hall–Kier alpha value is -1.95. The molecule has 0 saturated heterocycles. The van der Waals surface area contributed by atoms with E-state index in [1.165, 1.54) is 6.07 Å². The van der Waals surface area contributed by atoms with Crippen molar-refractivity contribution in [3.05, 3.63) is 23.2 Å². The quantitative estimate of drug-likeness (QED) is 0.672. The number of benzene rings is 1. The molecule has 0 radical (unpaired) electrons. The Kier molecular flexibility index (Phi) is 3.96. The van der Waals surface area contributed by atoms with Crippen LogP contribution in [0.1, 0.15) is 0 Å². The average Bonchev–Trinajstić information content (AvgIpc) is 2.18. The maximum Gasteiger partial charge on any atom is 0.318 e. The molecule has 1 rings (SSSR count). The highest BCUT2D eigenvalue weighted by molar-refractivity contribution is 6.30. The number of ether oxygens (including phenoxy) is 1. The van der Waals surface area contributed by atoms with E-state index in [-0.39, 0.29) is 12.4 Å². The monoisotopic (exact) mass is 243 g/mol. The van der Waals surface area contributed by atoms with Crippen LogP contribution in [0.15, 0.2) is 18.2 Å². The van der Waals surface area contributed by atoms with Crippen LogP contribution in [0.25, 0.3) is 0 Å². The maximum atomic E-state index is 11.0. The van der Waals surface area contributed by atoms with Crippen LogP contribution < -0.4 is 21.5 Å². The Labute approximate surface area is 96.5 Å². The van der Waals surface area contributed by atoms with Crippen molar-refractivity contribution in [2.45, 2.75) is 0 Å². The van der Waals surface area contributed by atoms with Gasteiger partial charge in [-0.15, -0.1) is 0 Å². The number of hydrogen-bond acceptors (Lipinski definition) is 4. The Bertz CT molecular complexity index is 422. The molecular formula is C9H10ClN3O3. The van der Waals surface area contributed by atoms with Crippen molar-refractivity contribution >= 4 is 29.2 Å². The van der Waals surface area contributed by atoms with Gasteiger partial charge in [0.05, 0.1) is 5.69 Å². The first-order valence-corrected chi connectivity index (χ1v) is 4.64. The molecule has 0 aliphatic carbocycles.